The molecule has 8 heteroatoms. The summed E-state index contributed by atoms with van der Waals surface area (Å²) < 4.78 is 40.8. The van der Waals surface area contributed by atoms with Gasteiger partial charge in [0.1, 0.15) is 5.71 Å². The van der Waals surface area contributed by atoms with Crippen LogP contribution in [0, 0.1) is 5.92 Å². The van der Waals surface area contributed by atoms with Gasteiger partial charge in [-0.3, -0.25) is 4.79 Å². The summed E-state index contributed by atoms with van der Waals surface area (Å²) >= 11 is 3.24. The van der Waals surface area contributed by atoms with Crippen LogP contribution in [-0.2, 0) is 0 Å². The number of hydrazone groups is 1. The quantitative estimate of drug-likeness (QED) is 0.765. The van der Waals surface area contributed by atoms with Crippen molar-refractivity contribution in [1.82, 2.24) is 5.01 Å². The minimum Gasteiger partial charge on any atom is -0.368 e. The van der Waals surface area contributed by atoms with Crippen molar-refractivity contribution in [3.63, 3.8) is 0 Å². The second-order valence-electron chi connectivity index (χ2n) is 6.14. The highest BCUT2D eigenvalue weighted by Gasteiger charge is 2.59. The van der Waals surface area contributed by atoms with Gasteiger partial charge in [0.2, 0.25) is 0 Å². The highest BCUT2D eigenvalue weighted by atomic mass is 79.9. The van der Waals surface area contributed by atoms with Crippen LogP contribution in [0.5, 0.6) is 0 Å². The minimum absolute atomic E-state index is 0.0863. The topological polar surface area (TPSA) is 52.9 Å². The molecule has 1 N–H and O–H groups in total. The van der Waals surface area contributed by atoms with Crippen molar-refractivity contribution in [2.45, 2.75) is 44.0 Å². The van der Waals surface area contributed by atoms with Gasteiger partial charge in [0.15, 0.2) is 5.72 Å². The molecule has 1 heterocycles. The SMILES string of the molecule is O=C(c1ccc(Br)cc1)N1N=C(C(F)(F)F)C2CCCCCC21O. The van der Waals surface area contributed by atoms with Crippen molar-refractivity contribution in [1.29, 1.82) is 0 Å². The van der Waals surface area contributed by atoms with E-state index in [9.17, 15) is 23.1 Å². The molecule has 0 radical (unpaired) electrons. The Hall–Kier alpha value is -1.41. The summed E-state index contributed by atoms with van der Waals surface area (Å²) in [6.45, 7) is 0. The maximum absolute atomic E-state index is 13.3. The highest BCUT2D eigenvalue weighted by molar-refractivity contribution is 9.10. The fraction of sp³-hybridized carbons (Fsp3) is 0.500. The van der Waals surface area contributed by atoms with Gasteiger partial charge in [0.25, 0.3) is 5.91 Å². The Bertz CT molecular complexity index is 675. The van der Waals surface area contributed by atoms with Crippen molar-refractivity contribution in [2.75, 3.05) is 0 Å². The third kappa shape index (κ3) is 2.97. The van der Waals surface area contributed by atoms with Crippen LogP contribution in [0.2, 0.25) is 0 Å². The van der Waals surface area contributed by atoms with E-state index in [1.54, 1.807) is 12.1 Å². The first-order valence-corrected chi connectivity index (χ1v) is 8.51. The number of hydrogen-bond acceptors (Lipinski definition) is 3. The Morgan fingerprint density at radius 2 is 1.92 bits per heavy atom. The molecule has 1 aromatic rings. The number of nitrogens with zero attached hydrogens (tertiary/aromatic N) is 2. The number of rotatable bonds is 1. The van der Waals surface area contributed by atoms with Crippen LogP contribution in [0.15, 0.2) is 33.8 Å². The predicted octanol–water partition coefficient (Wildman–Crippen LogP) is 4.09. The molecule has 1 amide bonds. The summed E-state index contributed by atoms with van der Waals surface area (Å²) in [6.07, 6.45) is -2.57. The van der Waals surface area contributed by atoms with Gasteiger partial charge in [-0.05, 0) is 43.5 Å². The van der Waals surface area contributed by atoms with E-state index < -0.39 is 29.4 Å². The Balaban J connectivity index is 2.02. The lowest BCUT2D eigenvalue weighted by Gasteiger charge is -2.35. The molecule has 1 saturated carbocycles. The molecule has 130 valence electrons. The zero-order chi connectivity index (χ0) is 17.5. The number of amides is 1. The lowest BCUT2D eigenvalue weighted by Crippen LogP contribution is -2.51. The molecule has 0 aromatic heterocycles. The highest BCUT2D eigenvalue weighted by Crippen LogP contribution is 2.45. The van der Waals surface area contributed by atoms with E-state index in [0.717, 1.165) is 10.9 Å². The third-order valence-electron chi connectivity index (χ3n) is 4.57. The van der Waals surface area contributed by atoms with Gasteiger partial charge in [-0.25, -0.2) is 0 Å². The minimum atomic E-state index is -4.67. The first-order chi connectivity index (χ1) is 11.2. The molecule has 0 saturated heterocycles. The Labute approximate surface area is 145 Å². The van der Waals surface area contributed by atoms with Gasteiger partial charge in [-0.15, -0.1) is 0 Å². The molecule has 1 aliphatic heterocycles. The molecule has 1 fully saturated rings. The molecule has 3 rings (SSSR count). The number of carbonyl (C=O) groups excluding carboxylic acids is 1. The monoisotopic (exact) mass is 404 g/mol. The third-order valence-corrected chi connectivity index (χ3v) is 5.10. The molecule has 1 aromatic carbocycles. The first-order valence-electron chi connectivity index (χ1n) is 7.71. The Kier molecular flexibility index (Phi) is 4.46. The van der Waals surface area contributed by atoms with Crippen molar-refractivity contribution in [2.24, 2.45) is 11.0 Å². The van der Waals surface area contributed by atoms with Crippen molar-refractivity contribution in [3.05, 3.63) is 34.3 Å². The second kappa shape index (κ2) is 6.15. The van der Waals surface area contributed by atoms with Crippen molar-refractivity contribution in [3.8, 4) is 0 Å². The summed E-state index contributed by atoms with van der Waals surface area (Å²) in [5.41, 5.74) is -2.79. The van der Waals surface area contributed by atoms with Gasteiger partial charge in [-0.1, -0.05) is 28.8 Å². The molecule has 0 spiro atoms. The average Bonchev–Trinajstić information content (AvgIpc) is 2.67. The molecule has 24 heavy (non-hydrogen) atoms. The normalized spacial score (nSPS) is 27.5. The van der Waals surface area contributed by atoms with E-state index in [4.69, 9.17) is 0 Å². The number of fused-ring (bicyclic) bond motifs is 1. The van der Waals surface area contributed by atoms with Crippen LogP contribution in [0.4, 0.5) is 13.2 Å². The van der Waals surface area contributed by atoms with E-state index in [2.05, 4.69) is 21.0 Å². The number of aliphatic hydroxyl groups is 1. The lowest BCUT2D eigenvalue weighted by molar-refractivity contribution is -0.108. The van der Waals surface area contributed by atoms with Crippen LogP contribution >= 0.6 is 15.9 Å². The summed E-state index contributed by atoms with van der Waals surface area (Å²) in [6, 6.07) is 6.21. The smallest absolute Gasteiger partial charge is 0.368 e. The largest absolute Gasteiger partial charge is 0.431 e. The molecule has 4 nitrogen and oxygen atoms in total. The first kappa shape index (κ1) is 17.4. The average molecular weight is 405 g/mol. The van der Waals surface area contributed by atoms with Gasteiger partial charge in [0.05, 0.1) is 5.92 Å². The number of benzene rings is 1. The maximum atomic E-state index is 13.3. The van der Waals surface area contributed by atoms with E-state index in [1.807, 2.05) is 0 Å². The molecule has 2 atom stereocenters. The van der Waals surface area contributed by atoms with Crippen LogP contribution in [0.25, 0.3) is 0 Å². The number of alkyl halides is 3. The molecular formula is C16H16BrF3N2O2. The zero-order valence-electron chi connectivity index (χ0n) is 12.7. The molecule has 0 bridgehead atoms. The number of halogens is 4. The van der Waals surface area contributed by atoms with E-state index in [1.165, 1.54) is 12.1 Å². The van der Waals surface area contributed by atoms with Crippen LogP contribution in [0.1, 0.15) is 42.5 Å². The second-order valence-corrected chi connectivity index (χ2v) is 7.05. The number of carbonyl (C=O) groups is 1. The van der Waals surface area contributed by atoms with Gasteiger partial charge in [-0.2, -0.15) is 23.3 Å². The zero-order valence-corrected chi connectivity index (χ0v) is 14.3. The van der Waals surface area contributed by atoms with Crippen molar-refractivity contribution >= 4 is 27.5 Å². The standard InChI is InChI=1S/C16H16BrF3N2O2/c17-11-7-5-10(6-8-11)14(23)22-15(24)9-3-1-2-4-12(15)13(21-22)16(18,19)20/h5-8,12,24H,1-4,9H2. The Morgan fingerprint density at radius 3 is 2.54 bits per heavy atom. The summed E-state index contributed by atoms with van der Waals surface area (Å²) in [7, 11) is 0. The molecule has 2 unspecified atom stereocenters. The summed E-state index contributed by atoms with van der Waals surface area (Å²) in [4.78, 5) is 12.7. The van der Waals surface area contributed by atoms with E-state index in [-0.39, 0.29) is 18.4 Å². The lowest BCUT2D eigenvalue weighted by atomic mass is 9.87. The molecule has 2 aliphatic rings. The van der Waals surface area contributed by atoms with Crippen LogP contribution in [0.3, 0.4) is 0 Å². The van der Waals surface area contributed by atoms with Crippen LogP contribution in [-0.4, -0.2) is 33.6 Å². The maximum Gasteiger partial charge on any atom is 0.431 e. The molecule has 1 aliphatic carbocycles. The van der Waals surface area contributed by atoms with E-state index in [0.29, 0.717) is 17.9 Å². The van der Waals surface area contributed by atoms with Gasteiger partial charge < -0.3 is 5.11 Å². The van der Waals surface area contributed by atoms with E-state index >= 15 is 0 Å². The molecular weight excluding hydrogens is 389 g/mol. The van der Waals surface area contributed by atoms with Crippen LogP contribution < -0.4 is 0 Å². The summed E-state index contributed by atoms with van der Waals surface area (Å²) in [5, 5.41) is 15.1. The fourth-order valence-corrected chi connectivity index (χ4v) is 3.64. The predicted molar refractivity (Wildman–Crippen MR) is 85.3 cm³/mol. The van der Waals surface area contributed by atoms with Gasteiger partial charge in [0, 0.05) is 10.0 Å². The number of hydrogen-bond donors (Lipinski definition) is 1. The fourth-order valence-electron chi connectivity index (χ4n) is 3.38. The Morgan fingerprint density at radius 1 is 1.25 bits per heavy atom. The van der Waals surface area contributed by atoms with Crippen molar-refractivity contribution < 1.29 is 23.1 Å². The summed E-state index contributed by atoms with van der Waals surface area (Å²) in [5.74, 6) is -1.92. The van der Waals surface area contributed by atoms with Gasteiger partial charge >= 0.3 is 6.18 Å².